The third kappa shape index (κ3) is 4.36. The summed E-state index contributed by atoms with van der Waals surface area (Å²) in [7, 11) is 1.50. The van der Waals surface area contributed by atoms with Gasteiger partial charge in [0.15, 0.2) is 23.0 Å². The number of Topliss-reactive ketones (excluding diaryl/α,β-unsaturated/α-hetero) is 1. The number of aromatic amines is 1. The molecule has 6 nitrogen and oxygen atoms in total. The summed E-state index contributed by atoms with van der Waals surface area (Å²) in [5.41, 5.74) is 2.56. The Morgan fingerprint density at radius 2 is 1.94 bits per heavy atom. The van der Waals surface area contributed by atoms with Gasteiger partial charge in [0.25, 0.3) is 0 Å². The van der Waals surface area contributed by atoms with Crippen LogP contribution in [0.4, 0.5) is 4.39 Å². The van der Waals surface area contributed by atoms with Crippen LogP contribution in [-0.4, -0.2) is 28.1 Å². The van der Waals surface area contributed by atoms with E-state index in [1.165, 1.54) is 13.2 Å². The summed E-state index contributed by atoms with van der Waals surface area (Å²) in [5.74, 6) is -0.629. The van der Waals surface area contributed by atoms with E-state index < -0.39 is 5.82 Å². The number of methoxy groups -OCH3 is 1. The molecule has 4 aromatic rings. The van der Waals surface area contributed by atoms with Gasteiger partial charge in [0.05, 0.1) is 18.1 Å². The molecule has 158 valence electrons. The number of carbonyl (C=O) groups excluding carboxylic acids is 1. The van der Waals surface area contributed by atoms with Gasteiger partial charge in [-0.25, -0.2) is 9.37 Å². The summed E-state index contributed by atoms with van der Waals surface area (Å²) < 4.78 is 26.0. The highest BCUT2D eigenvalue weighted by atomic mass is 35.5. The van der Waals surface area contributed by atoms with Crippen molar-refractivity contribution in [3.8, 4) is 11.6 Å². The van der Waals surface area contributed by atoms with Gasteiger partial charge in [-0.1, -0.05) is 29.8 Å². The minimum atomic E-state index is -0.672. The molecule has 0 aliphatic carbocycles. The van der Waals surface area contributed by atoms with E-state index >= 15 is 4.39 Å². The fraction of sp³-hybridized carbons (Fsp3) is 0.174. The van der Waals surface area contributed by atoms with Crippen LogP contribution in [0.1, 0.15) is 27.0 Å². The van der Waals surface area contributed by atoms with Gasteiger partial charge in [-0.3, -0.25) is 9.89 Å². The molecule has 2 heterocycles. The van der Waals surface area contributed by atoms with Crippen molar-refractivity contribution >= 4 is 28.4 Å². The standard InChI is InChI=1S/C23H19ClFN3O3/c1-13-3-8-19(31-12-14-4-6-16(24)7-5-14)21(25)20(13)18(29)10-15-9-17-22(26-11-15)27-28-23(17)30-2/h3-9,11H,10,12H2,1-2H3,(H,26,27,28). The van der Waals surface area contributed by atoms with Crippen molar-refractivity contribution in [2.75, 3.05) is 7.11 Å². The van der Waals surface area contributed by atoms with Crippen molar-refractivity contribution in [1.29, 1.82) is 0 Å². The van der Waals surface area contributed by atoms with Crippen LogP contribution in [0.15, 0.2) is 48.7 Å². The third-order valence-electron chi connectivity index (χ3n) is 4.90. The highest BCUT2D eigenvalue weighted by Gasteiger charge is 2.20. The lowest BCUT2D eigenvalue weighted by molar-refractivity contribution is 0.0987. The molecule has 0 atom stereocenters. The first kappa shape index (κ1) is 20.8. The molecule has 0 bridgehead atoms. The first-order valence-corrected chi connectivity index (χ1v) is 9.90. The summed E-state index contributed by atoms with van der Waals surface area (Å²) in [5, 5.41) is 8.02. The summed E-state index contributed by atoms with van der Waals surface area (Å²) in [4.78, 5) is 17.2. The van der Waals surface area contributed by atoms with E-state index in [1.54, 1.807) is 49.5 Å². The minimum absolute atomic E-state index is 0.00728. The van der Waals surface area contributed by atoms with Crippen LogP contribution in [0.25, 0.3) is 11.0 Å². The first-order valence-electron chi connectivity index (χ1n) is 9.53. The van der Waals surface area contributed by atoms with Crippen LogP contribution in [0.2, 0.25) is 5.02 Å². The van der Waals surface area contributed by atoms with E-state index in [2.05, 4.69) is 15.2 Å². The molecular weight excluding hydrogens is 421 g/mol. The van der Waals surface area contributed by atoms with Gasteiger partial charge in [-0.15, -0.1) is 5.10 Å². The smallest absolute Gasteiger partial charge is 0.241 e. The number of aryl methyl sites for hydroxylation is 1. The number of nitrogens with zero attached hydrogens (tertiary/aromatic N) is 2. The third-order valence-corrected chi connectivity index (χ3v) is 5.15. The fourth-order valence-electron chi connectivity index (χ4n) is 3.30. The molecule has 4 rings (SSSR count). The van der Waals surface area contributed by atoms with Gasteiger partial charge in [0, 0.05) is 17.6 Å². The van der Waals surface area contributed by atoms with Gasteiger partial charge in [-0.05, 0) is 47.9 Å². The molecule has 2 aromatic heterocycles. The highest BCUT2D eigenvalue weighted by Crippen LogP contribution is 2.27. The quantitative estimate of drug-likeness (QED) is 0.407. The molecule has 2 aromatic carbocycles. The monoisotopic (exact) mass is 439 g/mol. The molecular formula is C23H19ClFN3O3. The predicted molar refractivity (Wildman–Crippen MR) is 115 cm³/mol. The maximum Gasteiger partial charge on any atom is 0.241 e. The van der Waals surface area contributed by atoms with Crippen LogP contribution in [0.3, 0.4) is 0 Å². The minimum Gasteiger partial charge on any atom is -0.486 e. The Balaban J connectivity index is 1.56. The second kappa shape index (κ2) is 8.73. The number of hydrogen-bond donors (Lipinski definition) is 1. The maximum absolute atomic E-state index is 15.2. The van der Waals surface area contributed by atoms with Gasteiger partial charge < -0.3 is 9.47 Å². The number of pyridine rings is 1. The van der Waals surface area contributed by atoms with Crippen molar-refractivity contribution in [1.82, 2.24) is 15.2 Å². The van der Waals surface area contributed by atoms with E-state index in [-0.39, 0.29) is 30.1 Å². The van der Waals surface area contributed by atoms with Crippen LogP contribution >= 0.6 is 11.6 Å². The number of halogens is 2. The summed E-state index contributed by atoms with van der Waals surface area (Å²) >= 11 is 5.88. The maximum atomic E-state index is 15.2. The molecule has 1 N–H and O–H groups in total. The Bertz CT molecular complexity index is 1260. The second-order valence-corrected chi connectivity index (χ2v) is 7.49. The average Bonchev–Trinajstić information content (AvgIpc) is 3.17. The van der Waals surface area contributed by atoms with Crippen LogP contribution in [0.5, 0.6) is 11.6 Å². The topological polar surface area (TPSA) is 77.1 Å². The molecule has 0 saturated heterocycles. The molecule has 0 aliphatic heterocycles. The first-order chi connectivity index (χ1) is 15.0. The van der Waals surface area contributed by atoms with Crippen molar-refractivity contribution in [3.05, 3.63) is 81.8 Å². The second-order valence-electron chi connectivity index (χ2n) is 7.06. The number of hydrogen-bond acceptors (Lipinski definition) is 5. The van der Waals surface area contributed by atoms with Crippen molar-refractivity contribution in [2.45, 2.75) is 20.0 Å². The average molecular weight is 440 g/mol. The van der Waals surface area contributed by atoms with E-state index in [4.69, 9.17) is 21.1 Å². The number of carbonyl (C=O) groups is 1. The highest BCUT2D eigenvalue weighted by molar-refractivity contribution is 6.30. The van der Waals surface area contributed by atoms with E-state index in [9.17, 15) is 4.79 Å². The predicted octanol–water partition coefficient (Wildman–Crippen LogP) is 5.07. The Labute approximate surface area is 183 Å². The molecule has 0 unspecified atom stereocenters. The number of nitrogens with one attached hydrogen (secondary N) is 1. The molecule has 0 amide bonds. The van der Waals surface area contributed by atoms with Crippen LogP contribution in [0, 0.1) is 12.7 Å². The number of aromatic nitrogens is 3. The lowest BCUT2D eigenvalue weighted by atomic mass is 9.98. The number of rotatable bonds is 7. The zero-order valence-corrected chi connectivity index (χ0v) is 17.7. The Morgan fingerprint density at radius 1 is 1.16 bits per heavy atom. The largest absolute Gasteiger partial charge is 0.486 e. The summed E-state index contributed by atoms with van der Waals surface area (Å²) in [6, 6.07) is 12.0. The van der Waals surface area contributed by atoms with Crippen LogP contribution in [-0.2, 0) is 13.0 Å². The van der Waals surface area contributed by atoms with Gasteiger partial charge in [-0.2, -0.15) is 0 Å². The Hall–Kier alpha value is -3.45. The van der Waals surface area contributed by atoms with E-state index in [1.807, 2.05) is 0 Å². The van der Waals surface area contributed by atoms with Gasteiger partial charge in [0.2, 0.25) is 5.88 Å². The van der Waals surface area contributed by atoms with Crippen molar-refractivity contribution < 1.29 is 18.7 Å². The Morgan fingerprint density at radius 3 is 2.68 bits per heavy atom. The SMILES string of the molecule is COc1n[nH]c2ncc(CC(=O)c3c(C)ccc(OCc4ccc(Cl)cc4)c3F)cc12. The summed E-state index contributed by atoms with van der Waals surface area (Å²) in [6.07, 6.45) is 1.54. The van der Waals surface area contributed by atoms with Gasteiger partial charge in [0.1, 0.15) is 6.61 Å². The van der Waals surface area contributed by atoms with E-state index in [0.717, 1.165) is 5.56 Å². The molecule has 0 aliphatic rings. The van der Waals surface area contributed by atoms with Crippen molar-refractivity contribution in [3.63, 3.8) is 0 Å². The molecule has 31 heavy (non-hydrogen) atoms. The van der Waals surface area contributed by atoms with Crippen molar-refractivity contribution in [2.24, 2.45) is 0 Å². The van der Waals surface area contributed by atoms with E-state index in [0.29, 0.717) is 33.1 Å². The normalized spacial score (nSPS) is 11.0. The number of ketones is 1. The lowest BCUT2D eigenvalue weighted by Crippen LogP contribution is -2.10. The number of benzene rings is 2. The fourth-order valence-corrected chi connectivity index (χ4v) is 3.43. The number of fused-ring (bicyclic) bond motifs is 1. The number of ether oxygens (including phenoxy) is 2. The summed E-state index contributed by atoms with van der Waals surface area (Å²) in [6.45, 7) is 1.85. The Kier molecular flexibility index (Phi) is 5.86. The molecule has 0 fully saturated rings. The van der Waals surface area contributed by atoms with Crippen LogP contribution < -0.4 is 9.47 Å². The zero-order chi connectivity index (χ0) is 22.0. The molecule has 0 radical (unpaired) electrons. The molecule has 0 spiro atoms. The lowest BCUT2D eigenvalue weighted by Gasteiger charge is -2.12. The molecule has 0 saturated carbocycles. The molecule has 8 heteroatoms. The van der Waals surface area contributed by atoms with Gasteiger partial charge >= 0.3 is 0 Å². The zero-order valence-electron chi connectivity index (χ0n) is 16.9. The number of H-pyrrole nitrogens is 1.